The highest BCUT2D eigenvalue weighted by atomic mass is 35.5. The van der Waals surface area contributed by atoms with Crippen molar-refractivity contribution in [3.8, 4) is 5.75 Å². The minimum atomic E-state index is -0.643. The largest absolute Gasteiger partial charge is 0.489 e. The van der Waals surface area contributed by atoms with Crippen molar-refractivity contribution < 1.29 is 18.7 Å². The lowest BCUT2D eigenvalue weighted by Gasteiger charge is -2.22. The number of benzene rings is 2. The van der Waals surface area contributed by atoms with Crippen molar-refractivity contribution >= 4 is 29.1 Å². The molecule has 0 aromatic heterocycles. The second-order valence-corrected chi connectivity index (χ2v) is 10.1. The molecule has 2 N–H and O–H groups in total. The fraction of sp³-hybridized carbons (Fsp3) is 0.429. The fourth-order valence-electron chi connectivity index (χ4n) is 4.87. The quantitative estimate of drug-likeness (QED) is 0.444. The highest BCUT2D eigenvalue weighted by Crippen LogP contribution is 2.36. The van der Waals surface area contributed by atoms with E-state index in [9.17, 15) is 14.0 Å². The lowest BCUT2D eigenvalue weighted by molar-refractivity contribution is -0.119. The second-order valence-electron chi connectivity index (χ2n) is 9.64. The van der Waals surface area contributed by atoms with Gasteiger partial charge in [-0.1, -0.05) is 48.9 Å². The van der Waals surface area contributed by atoms with Gasteiger partial charge < -0.3 is 15.4 Å². The van der Waals surface area contributed by atoms with Crippen LogP contribution in [-0.4, -0.2) is 17.9 Å². The Morgan fingerprint density at radius 3 is 2.40 bits per heavy atom. The maximum absolute atomic E-state index is 14.7. The van der Waals surface area contributed by atoms with E-state index in [2.05, 4.69) is 17.6 Å². The number of nitrogens with one attached hydrogen (secondary N) is 2. The van der Waals surface area contributed by atoms with Gasteiger partial charge in [-0.3, -0.25) is 9.59 Å². The minimum Gasteiger partial charge on any atom is -0.489 e. The zero-order valence-electron chi connectivity index (χ0n) is 20.2. The molecule has 0 spiro atoms. The van der Waals surface area contributed by atoms with E-state index < -0.39 is 11.7 Å². The highest BCUT2D eigenvalue weighted by molar-refractivity contribution is 6.32. The van der Waals surface area contributed by atoms with Crippen LogP contribution in [0.4, 0.5) is 10.1 Å². The first-order chi connectivity index (χ1) is 16.8. The Morgan fingerprint density at radius 1 is 1.06 bits per heavy atom. The highest BCUT2D eigenvalue weighted by Gasteiger charge is 2.27. The summed E-state index contributed by atoms with van der Waals surface area (Å²) in [7, 11) is 0. The molecule has 0 saturated heterocycles. The summed E-state index contributed by atoms with van der Waals surface area (Å²) >= 11 is 6.23. The summed E-state index contributed by atoms with van der Waals surface area (Å²) in [6, 6.07) is 12.1. The maximum atomic E-state index is 14.7. The number of rotatable bonds is 7. The summed E-state index contributed by atoms with van der Waals surface area (Å²) in [4.78, 5) is 26.3. The molecule has 2 aliphatic rings. The van der Waals surface area contributed by atoms with Crippen LogP contribution < -0.4 is 15.4 Å². The van der Waals surface area contributed by atoms with Gasteiger partial charge in [-0.25, -0.2) is 4.39 Å². The average Bonchev–Trinajstić information content (AvgIpc) is 3.27. The molecule has 2 aromatic rings. The molecule has 0 radical (unpaired) electrons. The Bertz CT molecular complexity index is 1120. The Morgan fingerprint density at radius 2 is 1.74 bits per heavy atom. The number of carbonyl (C=O) groups is 2. The number of ether oxygens (including phenoxy) is 1. The number of anilines is 1. The molecule has 0 bridgehead atoms. The zero-order valence-corrected chi connectivity index (χ0v) is 21.0. The molecular formula is C28H32ClFN2O3. The van der Waals surface area contributed by atoms with E-state index in [1.165, 1.54) is 6.07 Å². The summed E-state index contributed by atoms with van der Waals surface area (Å²) in [5, 5.41) is 5.83. The molecule has 2 amide bonds. The van der Waals surface area contributed by atoms with Crippen molar-refractivity contribution in [3.05, 3.63) is 70.0 Å². The van der Waals surface area contributed by atoms with Crippen molar-refractivity contribution in [2.75, 3.05) is 5.32 Å². The van der Waals surface area contributed by atoms with E-state index in [1.807, 2.05) is 37.3 Å². The van der Waals surface area contributed by atoms with Crippen LogP contribution >= 0.6 is 11.6 Å². The summed E-state index contributed by atoms with van der Waals surface area (Å²) in [5.41, 5.74) is 1.84. The molecule has 1 saturated carbocycles. The van der Waals surface area contributed by atoms with Gasteiger partial charge in [-0.05, 0) is 69.4 Å². The Labute approximate surface area is 211 Å². The minimum absolute atomic E-state index is 0.00377. The smallest absolute Gasteiger partial charge is 0.252 e. The monoisotopic (exact) mass is 498 g/mol. The van der Waals surface area contributed by atoms with Gasteiger partial charge in [-0.2, -0.15) is 0 Å². The molecule has 1 fully saturated rings. The molecule has 2 aromatic carbocycles. The van der Waals surface area contributed by atoms with Crippen LogP contribution in [0.15, 0.2) is 53.6 Å². The van der Waals surface area contributed by atoms with Crippen LogP contribution in [0.1, 0.15) is 70.4 Å². The topological polar surface area (TPSA) is 67.4 Å². The number of halogens is 2. The van der Waals surface area contributed by atoms with E-state index in [4.69, 9.17) is 16.3 Å². The Balaban J connectivity index is 1.51. The second kappa shape index (κ2) is 11.3. The molecule has 0 heterocycles. The molecule has 35 heavy (non-hydrogen) atoms. The number of amides is 2. The molecule has 3 unspecified atom stereocenters. The van der Waals surface area contributed by atoms with E-state index in [0.29, 0.717) is 35.7 Å². The molecule has 186 valence electrons. The van der Waals surface area contributed by atoms with Crippen molar-refractivity contribution in [2.45, 2.75) is 70.9 Å². The van der Waals surface area contributed by atoms with Gasteiger partial charge in [0.1, 0.15) is 11.6 Å². The van der Waals surface area contributed by atoms with Crippen molar-refractivity contribution in [1.82, 2.24) is 5.32 Å². The Kier molecular flexibility index (Phi) is 8.11. The van der Waals surface area contributed by atoms with Gasteiger partial charge in [0.05, 0.1) is 22.9 Å². The average molecular weight is 499 g/mol. The van der Waals surface area contributed by atoms with Crippen LogP contribution in [0, 0.1) is 11.7 Å². The van der Waals surface area contributed by atoms with Crippen molar-refractivity contribution in [1.29, 1.82) is 0 Å². The number of hydrogen-bond acceptors (Lipinski definition) is 3. The predicted octanol–water partition coefficient (Wildman–Crippen LogP) is 6.73. The summed E-state index contributed by atoms with van der Waals surface area (Å²) in [6.45, 7) is 4.08. The maximum Gasteiger partial charge on any atom is 0.252 e. The van der Waals surface area contributed by atoms with Crippen LogP contribution in [0.25, 0.3) is 0 Å². The van der Waals surface area contributed by atoms with Gasteiger partial charge in [0.2, 0.25) is 5.91 Å². The normalized spacial score (nSPS) is 20.9. The lowest BCUT2D eigenvalue weighted by atomic mass is 9.90. The fourth-order valence-corrected chi connectivity index (χ4v) is 5.06. The third-order valence-electron chi connectivity index (χ3n) is 6.87. The Hall–Kier alpha value is -2.86. The third-order valence-corrected chi connectivity index (χ3v) is 7.17. The SMILES string of the molecule is CC1CCC(Oc2cc(NC(=O)C3=C(C(=O)NC(C)c4ccccc4)CCCC3)c(F)cc2Cl)C1. The van der Waals surface area contributed by atoms with Crippen LogP contribution in [0.3, 0.4) is 0 Å². The van der Waals surface area contributed by atoms with Gasteiger partial charge in [-0.15, -0.1) is 0 Å². The first-order valence-corrected chi connectivity index (χ1v) is 12.7. The molecular weight excluding hydrogens is 467 g/mol. The van der Waals surface area contributed by atoms with Gasteiger partial charge in [0.15, 0.2) is 0 Å². The molecule has 3 atom stereocenters. The summed E-state index contributed by atoms with van der Waals surface area (Å²) in [6.07, 6.45) is 5.54. The predicted molar refractivity (Wildman–Crippen MR) is 136 cm³/mol. The summed E-state index contributed by atoms with van der Waals surface area (Å²) < 4.78 is 20.7. The van der Waals surface area contributed by atoms with Crippen LogP contribution in [0.2, 0.25) is 5.02 Å². The first kappa shape index (κ1) is 25.2. The van der Waals surface area contributed by atoms with E-state index in [-0.39, 0.29) is 28.8 Å². The molecule has 2 aliphatic carbocycles. The molecule has 7 heteroatoms. The van der Waals surface area contributed by atoms with Crippen molar-refractivity contribution in [2.24, 2.45) is 5.92 Å². The van der Waals surface area contributed by atoms with Crippen LogP contribution in [0.5, 0.6) is 5.75 Å². The van der Waals surface area contributed by atoms with Crippen LogP contribution in [-0.2, 0) is 9.59 Å². The molecule has 5 nitrogen and oxygen atoms in total. The van der Waals surface area contributed by atoms with E-state index in [0.717, 1.165) is 43.7 Å². The standard InChI is InChI=1S/C28H32ClFN2O3/c1-17-12-13-20(14-17)35-26-16-25(24(30)15-23(26)29)32-28(34)22-11-7-6-10-21(22)27(33)31-18(2)19-8-4-3-5-9-19/h3-5,8-9,15-18,20H,6-7,10-14H2,1-2H3,(H,31,33)(H,32,34). The zero-order chi connectivity index (χ0) is 24.9. The number of carbonyl (C=O) groups excluding carboxylic acids is 2. The number of hydrogen-bond donors (Lipinski definition) is 2. The van der Waals surface area contributed by atoms with E-state index in [1.54, 1.807) is 0 Å². The molecule has 4 rings (SSSR count). The van der Waals surface area contributed by atoms with Gasteiger partial charge >= 0.3 is 0 Å². The van der Waals surface area contributed by atoms with E-state index >= 15 is 0 Å². The van der Waals surface area contributed by atoms with Gasteiger partial charge in [0.25, 0.3) is 5.91 Å². The first-order valence-electron chi connectivity index (χ1n) is 12.4. The third kappa shape index (κ3) is 6.23. The van der Waals surface area contributed by atoms with Gasteiger partial charge in [0, 0.05) is 17.2 Å². The molecule has 0 aliphatic heterocycles. The van der Waals surface area contributed by atoms with Crippen molar-refractivity contribution in [3.63, 3.8) is 0 Å². The summed E-state index contributed by atoms with van der Waals surface area (Å²) in [5.74, 6) is -0.442. The lowest BCUT2D eigenvalue weighted by Crippen LogP contribution is -2.31.